The average molecular weight is 131 g/mol. The van der Waals surface area contributed by atoms with Crippen LogP contribution in [0.1, 0.15) is 26.7 Å². The summed E-state index contributed by atoms with van der Waals surface area (Å²) in [5.41, 5.74) is 2.99. The Labute approximate surface area is 57.2 Å². The first-order valence-electron chi connectivity index (χ1n) is 3.57. The van der Waals surface area contributed by atoms with Crippen molar-refractivity contribution in [3.8, 4) is 0 Å². The van der Waals surface area contributed by atoms with Crippen molar-refractivity contribution in [2.24, 2.45) is 5.84 Å². The van der Waals surface area contributed by atoms with Crippen molar-refractivity contribution in [1.29, 1.82) is 0 Å². The predicted molar refractivity (Wildman–Crippen MR) is 39.5 cm³/mol. The molecule has 0 heterocycles. The Hall–Kier alpha value is -0.120. The van der Waals surface area contributed by atoms with E-state index in [1.807, 2.05) is 6.92 Å². The number of hydrogen-bond acceptors (Lipinski definition) is 3. The molecular weight excluding hydrogens is 114 g/mol. The van der Waals surface area contributed by atoms with Crippen molar-refractivity contribution in [2.75, 3.05) is 13.1 Å². The molecular formula is C6H17N3. The maximum atomic E-state index is 5.49. The van der Waals surface area contributed by atoms with E-state index in [-0.39, 0.29) is 0 Å². The van der Waals surface area contributed by atoms with Crippen LogP contribution in [0, 0.1) is 0 Å². The second kappa shape index (κ2) is 6.01. The van der Waals surface area contributed by atoms with Gasteiger partial charge in [0.05, 0.1) is 0 Å². The first-order valence-corrected chi connectivity index (χ1v) is 3.57. The van der Waals surface area contributed by atoms with Gasteiger partial charge in [0.1, 0.15) is 0 Å². The second-order valence-corrected chi connectivity index (χ2v) is 2.06. The molecule has 0 aromatic heterocycles. The van der Waals surface area contributed by atoms with Crippen molar-refractivity contribution in [3.05, 3.63) is 0 Å². The summed E-state index contributed by atoms with van der Waals surface area (Å²) in [7, 11) is 0. The minimum atomic E-state index is 0.903. The Morgan fingerprint density at radius 2 is 2.11 bits per heavy atom. The van der Waals surface area contributed by atoms with Crippen LogP contribution in [0.4, 0.5) is 0 Å². The van der Waals surface area contributed by atoms with Crippen LogP contribution in [-0.2, 0) is 0 Å². The molecule has 0 atom stereocenters. The van der Waals surface area contributed by atoms with E-state index in [2.05, 4.69) is 12.3 Å². The lowest BCUT2D eigenvalue weighted by Gasteiger charge is -2.14. The molecule has 0 aliphatic carbocycles. The smallest absolute Gasteiger partial charge is 0.0285 e. The third kappa shape index (κ3) is 5.76. The van der Waals surface area contributed by atoms with Gasteiger partial charge in [0, 0.05) is 13.1 Å². The first kappa shape index (κ1) is 8.88. The lowest BCUT2D eigenvalue weighted by atomic mass is 10.3. The summed E-state index contributed by atoms with van der Waals surface area (Å²) in [5, 5.41) is 1.64. The van der Waals surface area contributed by atoms with Crippen LogP contribution in [0.25, 0.3) is 0 Å². The molecule has 0 radical (unpaired) electrons. The van der Waals surface area contributed by atoms with Gasteiger partial charge in [-0.2, -0.15) is 5.12 Å². The van der Waals surface area contributed by atoms with Crippen molar-refractivity contribution >= 4 is 0 Å². The quantitative estimate of drug-likeness (QED) is 0.421. The molecule has 3 nitrogen and oxygen atoms in total. The average Bonchev–Trinajstić information content (AvgIpc) is 1.85. The van der Waals surface area contributed by atoms with Gasteiger partial charge in [0.25, 0.3) is 0 Å². The molecule has 0 aliphatic rings. The van der Waals surface area contributed by atoms with Gasteiger partial charge in [0.2, 0.25) is 0 Å². The minimum Gasteiger partial charge on any atom is -0.255 e. The lowest BCUT2D eigenvalue weighted by molar-refractivity contribution is 0.194. The molecule has 0 aromatic carbocycles. The van der Waals surface area contributed by atoms with Crippen LogP contribution in [0.5, 0.6) is 0 Å². The topological polar surface area (TPSA) is 41.3 Å². The molecule has 0 fully saturated rings. The van der Waals surface area contributed by atoms with E-state index < -0.39 is 0 Å². The highest BCUT2D eigenvalue weighted by molar-refractivity contribution is 4.39. The summed E-state index contributed by atoms with van der Waals surface area (Å²) < 4.78 is 0. The molecule has 0 rings (SSSR count). The van der Waals surface area contributed by atoms with E-state index in [0.717, 1.165) is 19.5 Å². The zero-order valence-electron chi connectivity index (χ0n) is 6.35. The molecule has 0 aliphatic heterocycles. The maximum absolute atomic E-state index is 5.49. The van der Waals surface area contributed by atoms with E-state index in [9.17, 15) is 0 Å². The van der Waals surface area contributed by atoms with Crippen LogP contribution >= 0.6 is 0 Å². The van der Waals surface area contributed by atoms with Crippen molar-refractivity contribution in [1.82, 2.24) is 10.5 Å². The number of rotatable bonds is 5. The van der Waals surface area contributed by atoms with Gasteiger partial charge in [-0.25, -0.2) is 5.43 Å². The third-order valence-corrected chi connectivity index (χ3v) is 1.11. The predicted octanol–water partition coefficient (Wildman–Crippen LogP) is 0.487. The van der Waals surface area contributed by atoms with Gasteiger partial charge in [-0.1, -0.05) is 20.3 Å². The van der Waals surface area contributed by atoms with Gasteiger partial charge in [-0.05, 0) is 6.42 Å². The SMILES string of the molecule is CCCCN(N)NCC. The summed E-state index contributed by atoms with van der Waals surface area (Å²) in [4.78, 5) is 0. The zero-order chi connectivity index (χ0) is 7.11. The molecule has 0 saturated heterocycles. The molecule has 0 spiro atoms. The summed E-state index contributed by atoms with van der Waals surface area (Å²) in [6.07, 6.45) is 2.35. The normalized spacial score (nSPS) is 10.7. The van der Waals surface area contributed by atoms with Crippen molar-refractivity contribution < 1.29 is 0 Å². The zero-order valence-corrected chi connectivity index (χ0v) is 6.35. The van der Waals surface area contributed by atoms with Crippen LogP contribution in [0.2, 0.25) is 0 Å². The van der Waals surface area contributed by atoms with Gasteiger partial charge < -0.3 is 0 Å². The van der Waals surface area contributed by atoms with E-state index in [0.29, 0.717) is 0 Å². The van der Waals surface area contributed by atoms with Gasteiger partial charge >= 0.3 is 0 Å². The Morgan fingerprint density at radius 1 is 1.44 bits per heavy atom. The number of nitrogens with one attached hydrogen (secondary N) is 1. The standard InChI is InChI=1S/C6H17N3/c1-3-5-6-9(7)8-4-2/h8H,3-7H2,1-2H3. The van der Waals surface area contributed by atoms with Crippen LogP contribution in [0.3, 0.4) is 0 Å². The molecule has 0 unspecified atom stereocenters. The Kier molecular flexibility index (Phi) is 5.93. The fourth-order valence-corrected chi connectivity index (χ4v) is 0.611. The third-order valence-electron chi connectivity index (χ3n) is 1.11. The molecule has 0 aromatic rings. The summed E-state index contributed by atoms with van der Waals surface area (Å²) in [5.74, 6) is 5.49. The fraction of sp³-hybridized carbons (Fsp3) is 1.00. The highest BCUT2D eigenvalue weighted by atomic mass is 15.7. The highest BCUT2D eigenvalue weighted by Crippen LogP contribution is 1.84. The van der Waals surface area contributed by atoms with E-state index in [4.69, 9.17) is 5.84 Å². The molecule has 56 valence electrons. The van der Waals surface area contributed by atoms with Gasteiger partial charge in [-0.3, -0.25) is 5.84 Å². The number of nitrogens with zero attached hydrogens (tertiary/aromatic N) is 1. The molecule has 3 heteroatoms. The van der Waals surface area contributed by atoms with E-state index in [1.54, 1.807) is 5.12 Å². The number of unbranched alkanes of at least 4 members (excludes halogenated alkanes) is 1. The molecule has 0 amide bonds. The minimum absolute atomic E-state index is 0.903. The Morgan fingerprint density at radius 3 is 2.56 bits per heavy atom. The summed E-state index contributed by atoms with van der Waals surface area (Å²) in [6.45, 7) is 6.02. The number of nitrogens with two attached hydrogens (primary N) is 1. The van der Waals surface area contributed by atoms with Crippen LogP contribution < -0.4 is 11.3 Å². The fourth-order valence-electron chi connectivity index (χ4n) is 0.611. The Balaban J connectivity index is 2.95. The molecule has 0 bridgehead atoms. The summed E-state index contributed by atoms with van der Waals surface area (Å²) >= 11 is 0. The lowest BCUT2D eigenvalue weighted by Crippen LogP contribution is -2.44. The van der Waals surface area contributed by atoms with Crippen molar-refractivity contribution in [3.63, 3.8) is 0 Å². The highest BCUT2D eigenvalue weighted by Gasteiger charge is 1.91. The number of hydrazine groups is 2. The number of hydrogen-bond donors (Lipinski definition) is 2. The molecule has 0 saturated carbocycles. The van der Waals surface area contributed by atoms with Gasteiger partial charge in [-0.15, -0.1) is 0 Å². The monoisotopic (exact) mass is 131 g/mol. The largest absolute Gasteiger partial charge is 0.255 e. The maximum Gasteiger partial charge on any atom is 0.0285 e. The first-order chi connectivity index (χ1) is 4.31. The van der Waals surface area contributed by atoms with Crippen LogP contribution in [0.15, 0.2) is 0 Å². The molecule has 3 N–H and O–H groups in total. The second-order valence-electron chi connectivity index (χ2n) is 2.06. The van der Waals surface area contributed by atoms with E-state index in [1.165, 1.54) is 6.42 Å². The van der Waals surface area contributed by atoms with Gasteiger partial charge in [0.15, 0.2) is 0 Å². The summed E-state index contributed by atoms with van der Waals surface area (Å²) in [6, 6.07) is 0. The van der Waals surface area contributed by atoms with E-state index >= 15 is 0 Å². The molecule has 9 heavy (non-hydrogen) atoms. The van der Waals surface area contributed by atoms with Crippen molar-refractivity contribution in [2.45, 2.75) is 26.7 Å². The van der Waals surface area contributed by atoms with Crippen LogP contribution in [-0.4, -0.2) is 18.2 Å². The Bertz CT molecular complexity index is 56.3.